The van der Waals surface area contributed by atoms with Crippen molar-refractivity contribution in [1.82, 2.24) is 19.7 Å². The normalized spacial score (nSPS) is 11.0. The molecule has 3 heterocycles. The zero-order valence-electron chi connectivity index (χ0n) is 14.0. The third-order valence-corrected chi connectivity index (χ3v) is 5.93. The lowest BCUT2D eigenvalue weighted by atomic mass is 10.2. The molecule has 0 fully saturated rings. The van der Waals surface area contributed by atoms with E-state index in [4.69, 9.17) is 16.0 Å². The van der Waals surface area contributed by atoms with Gasteiger partial charge in [-0.3, -0.25) is 4.79 Å². The van der Waals surface area contributed by atoms with E-state index in [0.717, 1.165) is 26.4 Å². The van der Waals surface area contributed by atoms with Crippen LogP contribution in [0, 0.1) is 6.92 Å². The van der Waals surface area contributed by atoms with Crippen LogP contribution in [0.5, 0.6) is 0 Å². The fourth-order valence-corrected chi connectivity index (χ4v) is 4.28. The molecule has 0 aliphatic heterocycles. The van der Waals surface area contributed by atoms with Gasteiger partial charge in [-0.15, -0.1) is 21.5 Å². The van der Waals surface area contributed by atoms with Crippen molar-refractivity contribution in [2.24, 2.45) is 7.05 Å². The number of carbonyl (C=O) groups is 1. The van der Waals surface area contributed by atoms with Crippen LogP contribution in [-0.2, 0) is 18.4 Å². The highest BCUT2D eigenvalue weighted by molar-refractivity contribution is 7.99. The molecular formula is C16H17ClN4O2S2. The van der Waals surface area contributed by atoms with Gasteiger partial charge in [-0.05, 0) is 25.1 Å². The third-order valence-electron chi connectivity index (χ3n) is 3.71. The van der Waals surface area contributed by atoms with Gasteiger partial charge in [0.05, 0.1) is 28.5 Å². The van der Waals surface area contributed by atoms with Crippen LogP contribution in [0.1, 0.15) is 10.6 Å². The molecule has 0 radical (unpaired) electrons. The van der Waals surface area contributed by atoms with Crippen LogP contribution in [0.3, 0.4) is 0 Å². The minimum Gasteiger partial charge on any atom is -0.469 e. The quantitative estimate of drug-likeness (QED) is 0.592. The van der Waals surface area contributed by atoms with Gasteiger partial charge in [-0.2, -0.15) is 0 Å². The number of carbonyl (C=O) groups excluding carboxylic acids is 1. The Hall–Kier alpha value is -1.77. The summed E-state index contributed by atoms with van der Waals surface area (Å²) in [5, 5.41) is 9.08. The van der Waals surface area contributed by atoms with E-state index < -0.39 is 0 Å². The van der Waals surface area contributed by atoms with E-state index in [2.05, 4.69) is 10.2 Å². The maximum atomic E-state index is 12.3. The molecule has 0 aromatic carbocycles. The maximum absolute atomic E-state index is 12.3. The standard InChI is InChI=1S/C16H17ClN4O2S2/c1-10-12(6-7-23-10)15-18-19-16(21(15)3)24-9-14(22)20(2)8-11-4-5-13(17)25-11/h4-7H,8-9H2,1-3H3. The van der Waals surface area contributed by atoms with Crippen molar-refractivity contribution in [3.8, 4) is 11.4 Å². The van der Waals surface area contributed by atoms with Crippen LogP contribution in [0.2, 0.25) is 4.34 Å². The predicted octanol–water partition coefficient (Wildman–Crippen LogP) is 3.85. The molecule has 0 aliphatic rings. The molecule has 0 aliphatic carbocycles. The Morgan fingerprint density at radius 1 is 1.40 bits per heavy atom. The van der Waals surface area contributed by atoms with Gasteiger partial charge in [-0.25, -0.2) is 0 Å². The molecule has 1 amide bonds. The average molecular weight is 397 g/mol. The Morgan fingerprint density at radius 3 is 2.84 bits per heavy atom. The highest BCUT2D eigenvalue weighted by atomic mass is 35.5. The molecule has 3 aromatic heterocycles. The molecule has 0 unspecified atom stereocenters. The molecular weight excluding hydrogens is 380 g/mol. The van der Waals surface area contributed by atoms with E-state index in [-0.39, 0.29) is 5.91 Å². The molecule has 9 heteroatoms. The number of thiophene rings is 1. The Morgan fingerprint density at radius 2 is 2.20 bits per heavy atom. The van der Waals surface area contributed by atoms with Gasteiger partial charge in [-0.1, -0.05) is 23.4 Å². The number of thioether (sulfide) groups is 1. The lowest BCUT2D eigenvalue weighted by Crippen LogP contribution is -2.27. The van der Waals surface area contributed by atoms with Crippen molar-refractivity contribution in [3.63, 3.8) is 0 Å². The number of furan rings is 1. The second-order valence-corrected chi connectivity index (χ2v) is 8.24. The molecule has 0 bridgehead atoms. The van der Waals surface area contributed by atoms with Gasteiger partial charge in [0.1, 0.15) is 5.76 Å². The van der Waals surface area contributed by atoms with Crippen LogP contribution in [0.4, 0.5) is 0 Å². The monoisotopic (exact) mass is 396 g/mol. The van der Waals surface area contributed by atoms with E-state index in [0.29, 0.717) is 17.5 Å². The number of rotatable bonds is 6. The fraction of sp³-hybridized carbons (Fsp3) is 0.312. The minimum atomic E-state index is 0.0264. The van der Waals surface area contributed by atoms with Gasteiger partial charge in [0.25, 0.3) is 0 Å². The van der Waals surface area contributed by atoms with E-state index in [1.165, 1.54) is 23.1 Å². The second-order valence-electron chi connectivity index (χ2n) is 5.50. The number of hydrogen-bond acceptors (Lipinski definition) is 6. The highest BCUT2D eigenvalue weighted by Crippen LogP contribution is 2.26. The lowest BCUT2D eigenvalue weighted by Gasteiger charge is -2.15. The fourth-order valence-electron chi connectivity index (χ4n) is 2.29. The summed E-state index contributed by atoms with van der Waals surface area (Å²) in [4.78, 5) is 15.1. The van der Waals surface area contributed by atoms with Crippen molar-refractivity contribution in [3.05, 3.63) is 39.4 Å². The summed E-state index contributed by atoms with van der Waals surface area (Å²) in [6.45, 7) is 2.43. The van der Waals surface area contributed by atoms with E-state index in [1.54, 1.807) is 18.2 Å². The first-order valence-corrected chi connectivity index (χ1v) is 9.68. The first kappa shape index (κ1) is 18.0. The maximum Gasteiger partial charge on any atom is 0.233 e. The minimum absolute atomic E-state index is 0.0264. The smallest absolute Gasteiger partial charge is 0.233 e. The Kier molecular flexibility index (Phi) is 5.51. The topological polar surface area (TPSA) is 64.2 Å². The molecule has 6 nitrogen and oxygen atoms in total. The highest BCUT2D eigenvalue weighted by Gasteiger charge is 2.17. The van der Waals surface area contributed by atoms with E-state index >= 15 is 0 Å². The van der Waals surface area contributed by atoms with Gasteiger partial charge >= 0.3 is 0 Å². The summed E-state index contributed by atoms with van der Waals surface area (Å²) in [6, 6.07) is 5.64. The molecule has 0 spiro atoms. The van der Waals surface area contributed by atoms with Crippen molar-refractivity contribution in [1.29, 1.82) is 0 Å². The van der Waals surface area contributed by atoms with Crippen LogP contribution < -0.4 is 0 Å². The largest absolute Gasteiger partial charge is 0.469 e. The van der Waals surface area contributed by atoms with Crippen LogP contribution in [0.15, 0.2) is 34.0 Å². The summed E-state index contributed by atoms with van der Waals surface area (Å²) in [7, 11) is 3.67. The van der Waals surface area contributed by atoms with E-state index in [1.807, 2.05) is 36.7 Å². The number of nitrogens with zero attached hydrogens (tertiary/aromatic N) is 4. The first-order valence-electron chi connectivity index (χ1n) is 7.50. The third kappa shape index (κ3) is 4.08. The second kappa shape index (κ2) is 7.63. The molecule has 0 saturated carbocycles. The van der Waals surface area contributed by atoms with E-state index in [9.17, 15) is 4.79 Å². The average Bonchev–Trinajstić information content (AvgIpc) is 3.26. The molecule has 25 heavy (non-hydrogen) atoms. The molecule has 3 rings (SSSR count). The summed E-state index contributed by atoms with van der Waals surface area (Å²) in [5.41, 5.74) is 0.903. The van der Waals surface area contributed by atoms with Crippen LogP contribution in [-0.4, -0.2) is 38.4 Å². The summed E-state index contributed by atoms with van der Waals surface area (Å²) in [5.74, 6) is 1.84. The van der Waals surface area contributed by atoms with Gasteiger partial charge in [0.2, 0.25) is 5.91 Å². The van der Waals surface area contributed by atoms with Crippen molar-refractivity contribution in [2.75, 3.05) is 12.8 Å². The SMILES string of the molecule is Cc1occc1-c1nnc(SCC(=O)N(C)Cc2ccc(Cl)s2)n1C. The van der Waals surface area contributed by atoms with Gasteiger partial charge in [0.15, 0.2) is 11.0 Å². The number of aromatic nitrogens is 3. The van der Waals surface area contributed by atoms with Crippen LogP contribution in [0.25, 0.3) is 11.4 Å². The summed E-state index contributed by atoms with van der Waals surface area (Å²) < 4.78 is 7.91. The molecule has 3 aromatic rings. The Bertz CT molecular complexity index is 886. The lowest BCUT2D eigenvalue weighted by molar-refractivity contribution is -0.127. The molecule has 0 saturated heterocycles. The summed E-state index contributed by atoms with van der Waals surface area (Å²) in [6.07, 6.45) is 1.63. The van der Waals surface area contributed by atoms with Crippen molar-refractivity contribution >= 4 is 40.6 Å². The van der Waals surface area contributed by atoms with Crippen molar-refractivity contribution in [2.45, 2.75) is 18.6 Å². The predicted molar refractivity (Wildman–Crippen MR) is 100.0 cm³/mol. The Labute approximate surface area is 158 Å². The molecule has 0 atom stereocenters. The zero-order valence-corrected chi connectivity index (χ0v) is 16.4. The van der Waals surface area contributed by atoms with Crippen LogP contribution >= 0.6 is 34.7 Å². The molecule has 0 N–H and O–H groups in total. The summed E-state index contributed by atoms with van der Waals surface area (Å²) >= 11 is 8.78. The number of hydrogen-bond donors (Lipinski definition) is 0. The number of halogens is 1. The molecule has 132 valence electrons. The Balaban J connectivity index is 1.61. The number of aryl methyl sites for hydroxylation is 1. The zero-order chi connectivity index (χ0) is 18.0. The van der Waals surface area contributed by atoms with Crippen molar-refractivity contribution < 1.29 is 9.21 Å². The number of amides is 1. The van der Waals surface area contributed by atoms with Gasteiger partial charge < -0.3 is 13.9 Å². The van der Waals surface area contributed by atoms with Gasteiger partial charge in [0, 0.05) is 19.0 Å². The first-order chi connectivity index (χ1) is 12.0.